The maximum absolute atomic E-state index is 4.54. The number of halogens is 1. The van der Waals surface area contributed by atoms with Crippen LogP contribution in [0.2, 0.25) is 0 Å². The van der Waals surface area contributed by atoms with E-state index in [-0.39, 0.29) is 0 Å². The van der Waals surface area contributed by atoms with Gasteiger partial charge in [-0.3, -0.25) is 4.98 Å². The van der Waals surface area contributed by atoms with Gasteiger partial charge in [0, 0.05) is 40.9 Å². The third-order valence-corrected chi connectivity index (χ3v) is 3.98. The Balaban J connectivity index is 1.76. The molecule has 122 valence electrons. The number of hydrogen-bond donors (Lipinski definition) is 2. The molecule has 0 fully saturated rings. The van der Waals surface area contributed by atoms with Crippen LogP contribution in [-0.4, -0.2) is 15.0 Å². The molecule has 0 radical (unpaired) electrons. The highest BCUT2D eigenvalue weighted by molar-refractivity contribution is 9.10. The average molecular weight is 384 g/mol. The fourth-order valence-electron chi connectivity index (χ4n) is 2.30. The van der Waals surface area contributed by atoms with Crippen molar-refractivity contribution in [3.8, 4) is 0 Å². The number of nitrogens with zero attached hydrogens (tertiary/aromatic N) is 3. The van der Waals surface area contributed by atoms with Crippen LogP contribution in [0.4, 0.5) is 17.5 Å². The predicted molar refractivity (Wildman–Crippen MR) is 100 cm³/mol. The second-order valence-electron chi connectivity index (χ2n) is 5.52. The van der Waals surface area contributed by atoms with Crippen LogP contribution in [-0.2, 0) is 6.54 Å². The van der Waals surface area contributed by atoms with Gasteiger partial charge in [-0.15, -0.1) is 0 Å². The van der Waals surface area contributed by atoms with E-state index in [4.69, 9.17) is 0 Å². The molecule has 6 heteroatoms. The number of anilines is 3. The molecule has 0 amide bonds. The van der Waals surface area contributed by atoms with Crippen LogP contribution in [0.3, 0.4) is 0 Å². The number of aryl methyl sites for hydroxylation is 2. The molecule has 2 N–H and O–H groups in total. The second kappa shape index (κ2) is 7.40. The van der Waals surface area contributed by atoms with Gasteiger partial charge in [-0.2, -0.15) is 4.98 Å². The topological polar surface area (TPSA) is 62.7 Å². The van der Waals surface area contributed by atoms with Crippen molar-refractivity contribution in [2.24, 2.45) is 0 Å². The Morgan fingerprint density at radius 1 is 1.08 bits per heavy atom. The van der Waals surface area contributed by atoms with Gasteiger partial charge in [0.25, 0.3) is 0 Å². The molecule has 5 nitrogen and oxygen atoms in total. The second-order valence-corrected chi connectivity index (χ2v) is 6.43. The minimum absolute atomic E-state index is 0.578. The van der Waals surface area contributed by atoms with Gasteiger partial charge in [0.2, 0.25) is 5.95 Å². The SMILES string of the molecule is Cc1cc(NCc2cccnc2)nc(Nc2ccc(Br)cc2C)n1. The van der Waals surface area contributed by atoms with E-state index in [1.165, 1.54) is 0 Å². The number of rotatable bonds is 5. The smallest absolute Gasteiger partial charge is 0.229 e. The largest absolute Gasteiger partial charge is 0.366 e. The predicted octanol–water partition coefficient (Wildman–Crippen LogP) is 4.61. The Labute approximate surface area is 149 Å². The van der Waals surface area contributed by atoms with E-state index >= 15 is 0 Å². The van der Waals surface area contributed by atoms with E-state index in [9.17, 15) is 0 Å². The molecule has 0 bridgehead atoms. The van der Waals surface area contributed by atoms with Crippen molar-refractivity contribution in [1.82, 2.24) is 15.0 Å². The summed E-state index contributed by atoms with van der Waals surface area (Å²) in [5, 5.41) is 6.60. The Hall–Kier alpha value is -2.47. The zero-order chi connectivity index (χ0) is 16.9. The lowest BCUT2D eigenvalue weighted by Gasteiger charge is -2.11. The molecule has 0 aliphatic carbocycles. The number of aromatic nitrogens is 3. The van der Waals surface area contributed by atoms with Crippen molar-refractivity contribution in [3.05, 3.63) is 70.1 Å². The van der Waals surface area contributed by atoms with E-state index in [1.54, 1.807) is 6.20 Å². The summed E-state index contributed by atoms with van der Waals surface area (Å²) in [5.41, 5.74) is 4.12. The van der Waals surface area contributed by atoms with Gasteiger partial charge >= 0.3 is 0 Å². The fraction of sp³-hybridized carbons (Fsp3) is 0.167. The van der Waals surface area contributed by atoms with Gasteiger partial charge in [0.1, 0.15) is 5.82 Å². The molecule has 2 aromatic heterocycles. The Bertz CT molecular complexity index is 836. The normalized spacial score (nSPS) is 10.5. The van der Waals surface area contributed by atoms with Crippen LogP contribution in [0, 0.1) is 13.8 Å². The third-order valence-electron chi connectivity index (χ3n) is 3.49. The number of nitrogens with one attached hydrogen (secondary N) is 2. The van der Waals surface area contributed by atoms with Gasteiger partial charge in [-0.05, 0) is 49.2 Å². The highest BCUT2D eigenvalue weighted by atomic mass is 79.9. The van der Waals surface area contributed by atoms with E-state index in [2.05, 4.69) is 47.6 Å². The maximum Gasteiger partial charge on any atom is 0.229 e. The summed E-state index contributed by atoms with van der Waals surface area (Å²) in [7, 11) is 0. The highest BCUT2D eigenvalue weighted by Gasteiger charge is 2.05. The first kappa shape index (κ1) is 16.4. The molecule has 2 heterocycles. The van der Waals surface area contributed by atoms with E-state index in [1.807, 2.05) is 50.4 Å². The van der Waals surface area contributed by atoms with Crippen molar-refractivity contribution >= 4 is 33.4 Å². The molecule has 0 saturated heterocycles. The molecule has 0 aliphatic heterocycles. The summed E-state index contributed by atoms with van der Waals surface area (Å²) in [5.74, 6) is 1.36. The summed E-state index contributed by atoms with van der Waals surface area (Å²) in [4.78, 5) is 13.1. The summed E-state index contributed by atoms with van der Waals surface area (Å²) >= 11 is 3.47. The van der Waals surface area contributed by atoms with Crippen molar-refractivity contribution < 1.29 is 0 Å². The lowest BCUT2D eigenvalue weighted by atomic mass is 10.2. The lowest BCUT2D eigenvalue weighted by molar-refractivity contribution is 1.05. The molecule has 0 atom stereocenters. The van der Waals surface area contributed by atoms with Crippen LogP contribution in [0.1, 0.15) is 16.8 Å². The molecule has 1 aromatic carbocycles. The molecule has 0 unspecified atom stereocenters. The zero-order valence-corrected chi connectivity index (χ0v) is 15.1. The Kier molecular flexibility index (Phi) is 5.05. The Morgan fingerprint density at radius 3 is 2.71 bits per heavy atom. The lowest BCUT2D eigenvalue weighted by Crippen LogP contribution is -2.06. The zero-order valence-electron chi connectivity index (χ0n) is 13.5. The van der Waals surface area contributed by atoms with Crippen LogP contribution in [0.5, 0.6) is 0 Å². The van der Waals surface area contributed by atoms with Crippen molar-refractivity contribution in [1.29, 1.82) is 0 Å². The van der Waals surface area contributed by atoms with E-state index < -0.39 is 0 Å². The van der Waals surface area contributed by atoms with Crippen molar-refractivity contribution in [3.63, 3.8) is 0 Å². The molecular formula is C18H18BrN5. The molecule has 0 spiro atoms. The first-order chi connectivity index (χ1) is 11.6. The molecule has 3 aromatic rings. The maximum atomic E-state index is 4.54. The number of benzene rings is 1. The summed E-state index contributed by atoms with van der Waals surface area (Å²) in [6.45, 7) is 4.67. The first-order valence-electron chi connectivity index (χ1n) is 7.62. The van der Waals surface area contributed by atoms with E-state index in [0.29, 0.717) is 12.5 Å². The standard InChI is InChI=1S/C18H18BrN5/c1-12-8-15(19)5-6-16(12)23-18-22-13(2)9-17(24-18)21-11-14-4-3-7-20-10-14/h3-10H,11H2,1-2H3,(H2,21,22,23,24). The summed E-state index contributed by atoms with van der Waals surface area (Å²) in [6.07, 6.45) is 3.60. The first-order valence-corrected chi connectivity index (χ1v) is 8.41. The number of hydrogen-bond acceptors (Lipinski definition) is 5. The average Bonchev–Trinajstić information content (AvgIpc) is 2.56. The minimum Gasteiger partial charge on any atom is -0.366 e. The number of pyridine rings is 1. The summed E-state index contributed by atoms with van der Waals surface area (Å²) in [6, 6.07) is 11.9. The fourth-order valence-corrected chi connectivity index (χ4v) is 2.77. The molecule has 24 heavy (non-hydrogen) atoms. The van der Waals surface area contributed by atoms with E-state index in [0.717, 1.165) is 32.8 Å². The van der Waals surface area contributed by atoms with Crippen LogP contribution in [0.15, 0.2) is 53.3 Å². The van der Waals surface area contributed by atoms with Crippen LogP contribution in [0.25, 0.3) is 0 Å². The minimum atomic E-state index is 0.578. The van der Waals surface area contributed by atoms with Crippen molar-refractivity contribution in [2.45, 2.75) is 20.4 Å². The third kappa shape index (κ3) is 4.29. The van der Waals surface area contributed by atoms with Crippen LogP contribution >= 0.6 is 15.9 Å². The Morgan fingerprint density at radius 2 is 1.96 bits per heavy atom. The van der Waals surface area contributed by atoms with Gasteiger partial charge in [0.05, 0.1) is 0 Å². The molecule has 0 saturated carbocycles. The summed E-state index contributed by atoms with van der Waals surface area (Å²) < 4.78 is 1.05. The quantitative estimate of drug-likeness (QED) is 0.673. The molecule has 3 rings (SSSR count). The molecule has 0 aliphatic rings. The van der Waals surface area contributed by atoms with Gasteiger partial charge in [-0.25, -0.2) is 4.98 Å². The van der Waals surface area contributed by atoms with Gasteiger partial charge in [-0.1, -0.05) is 22.0 Å². The van der Waals surface area contributed by atoms with Crippen LogP contribution < -0.4 is 10.6 Å². The molecular weight excluding hydrogens is 366 g/mol. The monoisotopic (exact) mass is 383 g/mol. The van der Waals surface area contributed by atoms with Crippen molar-refractivity contribution in [2.75, 3.05) is 10.6 Å². The van der Waals surface area contributed by atoms with Gasteiger partial charge < -0.3 is 10.6 Å². The highest BCUT2D eigenvalue weighted by Crippen LogP contribution is 2.23. The van der Waals surface area contributed by atoms with Gasteiger partial charge in [0.15, 0.2) is 0 Å².